The van der Waals surface area contributed by atoms with Gasteiger partial charge in [-0.2, -0.15) is 0 Å². The van der Waals surface area contributed by atoms with Gasteiger partial charge in [0.25, 0.3) is 5.91 Å². The van der Waals surface area contributed by atoms with Crippen LogP contribution in [0, 0.1) is 13.8 Å². The van der Waals surface area contributed by atoms with Gasteiger partial charge < -0.3 is 20.1 Å². The topological polar surface area (TPSA) is 85.4 Å². The van der Waals surface area contributed by atoms with Crippen molar-refractivity contribution >= 4 is 23.1 Å². The Labute approximate surface area is 162 Å². The molecule has 2 heterocycles. The van der Waals surface area contributed by atoms with Gasteiger partial charge in [-0.25, -0.2) is 9.97 Å². The summed E-state index contributed by atoms with van der Waals surface area (Å²) in [6, 6.07) is 11.3. The van der Waals surface area contributed by atoms with Gasteiger partial charge in [-0.1, -0.05) is 18.2 Å². The number of ether oxygens (including phenoxy) is 2. The van der Waals surface area contributed by atoms with Crippen LogP contribution in [-0.2, 0) is 0 Å². The molecule has 28 heavy (non-hydrogen) atoms. The lowest BCUT2D eigenvalue weighted by molar-refractivity contribution is 0.102. The predicted octanol–water partition coefficient (Wildman–Crippen LogP) is 3.86. The van der Waals surface area contributed by atoms with Crippen molar-refractivity contribution in [1.82, 2.24) is 9.97 Å². The number of fused-ring (bicyclic) bond motifs is 1. The number of aromatic nitrogens is 2. The van der Waals surface area contributed by atoms with Crippen LogP contribution >= 0.6 is 0 Å². The highest BCUT2D eigenvalue weighted by Gasteiger charge is 2.14. The number of hydrogen-bond donors (Lipinski definition) is 2. The molecule has 142 valence electrons. The molecule has 0 saturated carbocycles. The first kappa shape index (κ1) is 17.8. The predicted molar refractivity (Wildman–Crippen MR) is 107 cm³/mol. The highest BCUT2D eigenvalue weighted by molar-refractivity contribution is 6.02. The summed E-state index contributed by atoms with van der Waals surface area (Å²) in [5.74, 6) is 1.52. The fraction of sp³-hybridized carbons (Fsp3) is 0.190. The summed E-state index contributed by atoms with van der Waals surface area (Å²) in [5, 5.41) is 6.05. The summed E-state index contributed by atoms with van der Waals surface area (Å²) in [6.45, 7) is 5.07. The van der Waals surface area contributed by atoms with Crippen molar-refractivity contribution in [3.63, 3.8) is 0 Å². The van der Waals surface area contributed by atoms with Gasteiger partial charge in [-0.15, -0.1) is 0 Å². The van der Waals surface area contributed by atoms with E-state index in [9.17, 15) is 4.79 Å². The van der Waals surface area contributed by atoms with Gasteiger partial charge in [-0.3, -0.25) is 4.79 Å². The van der Waals surface area contributed by atoms with Crippen LogP contribution < -0.4 is 20.1 Å². The number of carbonyl (C=O) groups excluding carboxylic acids is 1. The molecule has 4 rings (SSSR count). The van der Waals surface area contributed by atoms with E-state index in [1.54, 1.807) is 24.4 Å². The average molecular weight is 376 g/mol. The average Bonchev–Trinajstić information content (AvgIpc) is 2.71. The summed E-state index contributed by atoms with van der Waals surface area (Å²) in [5.41, 5.74) is 4.05. The van der Waals surface area contributed by atoms with E-state index in [1.165, 1.54) is 6.20 Å². The molecule has 1 aliphatic rings. The number of anilines is 3. The summed E-state index contributed by atoms with van der Waals surface area (Å²) in [6.07, 6.45) is 2.99. The molecular formula is C21H20N4O3. The van der Waals surface area contributed by atoms with Gasteiger partial charge in [-0.05, 0) is 37.1 Å². The van der Waals surface area contributed by atoms with Crippen LogP contribution in [0.15, 0.2) is 48.8 Å². The molecule has 0 unspecified atom stereocenters. The zero-order valence-electron chi connectivity index (χ0n) is 15.7. The maximum absolute atomic E-state index is 12.5. The molecule has 2 N–H and O–H groups in total. The van der Waals surface area contributed by atoms with Crippen LogP contribution in [0.2, 0.25) is 0 Å². The van der Waals surface area contributed by atoms with Crippen molar-refractivity contribution in [2.75, 3.05) is 23.8 Å². The SMILES string of the molecule is Cc1cccc(C)c1Nc1cnc(C(=O)Nc2ccc3c(c2)OCCO3)cn1. The number of aryl methyl sites for hydroxylation is 2. The molecule has 0 atom stereocenters. The van der Waals surface area contributed by atoms with E-state index in [4.69, 9.17) is 9.47 Å². The third kappa shape index (κ3) is 3.73. The summed E-state index contributed by atoms with van der Waals surface area (Å²) >= 11 is 0. The van der Waals surface area contributed by atoms with E-state index >= 15 is 0 Å². The minimum Gasteiger partial charge on any atom is -0.486 e. The minimum atomic E-state index is -0.345. The molecule has 1 amide bonds. The first-order chi connectivity index (χ1) is 13.6. The lowest BCUT2D eigenvalue weighted by Gasteiger charge is -2.18. The molecule has 0 aliphatic carbocycles. The molecule has 2 aromatic carbocycles. The van der Waals surface area contributed by atoms with Gasteiger partial charge in [0.05, 0.1) is 12.4 Å². The Bertz CT molecular complexity index is 998. The molecule has 7 nitrogen and oxygen atoms in total. The number of para-hydroxylation sites is 1. The van der Waals surface area contributed by atoms with Gasteiger partial charge in [0.15, 0.2) is 11.5 Å². The molecule has 7 heteroatoms. The summed E-state index contributed by atoms with van der Waals surface area (Å²) < 4.78 is 11.0. The number of carbonyl (C=O) groups is 1. The van der Waals surface area contributed by atoms with Crippen molar-refractivity contribution in [2.45, 2.75) is 13.8 Å². The van der Waals surface area contributed by atoms with Gasteiger partial charge in [0, 0.05) is 17.4 Å². The zero-order chi connectivity index (χ0) is 19.5. The molecule has 0 radical (unpaired) electrons. The lowest BCUT2D eigenvalue weighted by atomic mass is 10.1. The monoisotopic (exact) mass is 376 g/mol. The van der Waals surface area contributed by atoms with E-state index in [1.807, 2.05) is 32.0 Å². The maximum atomic E-state index is 12.5. The minimum absolute atomic E-state index is 0.224. The smallest absolute Gasteiger partial charge is 0.275 e. The normalized spacial score (nSPS) is 12.4. The molecular weight excluding hydrogens is 356 g/mol. The van der Waals surface area contributed by atoms with Crippen molar-refractivity contribution in [2.24, 2.45) is 0 Å². The number of amides is 1. The third-order valence-electron chi connectivity index (χ3n) is 4.42. The molecule has 3 aromatic rings. The molecule has 1 aliphatic heterocycles. The Hall–Kier alpha value is -3.61. The second kappa shape index (κ2) is 7.56. The highest BCUT2D eigenvalue weighted by atomic mass is 16.6. The third-order valence-corrected chi connectivity index (χ3v) is 4.42. The summed E-state index contributed by atoms with van der Waals surface area (Å²) in [7, 11) is 0. The quantitative estimate of drug-likeness (QED) is 0.719. The van der Waals surface area contributed by atoms with Crippen molar-refractivity contribution in [3.05, 3.63) is 65.6 Å². The largest absolute Gasteiger partial charge is 0.486 e. The van der Waals surface area contributed by atoms with Crippen LogP contribution in [0.25, 0.3) is 0 Å². The van der Waals surface area contributed by atoms with E-state index in [2.05, 4.69) is 20.6 Å². The van der Waals surface area contributed by atoms with E-state index in [-0.39, 0.29) is 11.6 Å². The molecule has 0 bridgehead atoms. The van der Waals surface area contributed by atoms with Gasteiger partial charge >= 0.3 is 0 Å². The van der Waals surface area contributed by atoms with Crippen molar-refractivity contribution in [3.8, 4) is 11.5 Å². The van der Waals surface area contributed by atoms with Crippen LogP contribution in [0.3, 0.4) is 0 Å². The fourth-order valence-corrected chi connectivity index (χ4v) is 2.97. The van der Waals surface area contributed by atoms with E-state index in [0.717, 1.165) is 16.8 Å². The van der Waals surface area contributed by atoms with E-state index in [0.29, 0.717) is 36.2 Å². The fourth-order valence-electron chi connectivity index (χ4n) is 2.97. The second-order valence-corrected chi connectivity index (χ2v) is 6.49. The summed E-state index contributed by atoms with van der Waals surface area (Å²) in [4.78, 5) is 21.0. The van der Waals surface area contributed by atoms with Gasteiger partial charge in [0.2, 0.25) is 0 Å². The second-order valence-electron chi connectivity index (χ2n) is 6.49. The number of rotatable bonds is 4. The Morgan fingerprint density at radius 3 is 2.43 bits per heavy atom. The van der Waals surface area contributed by atoms with Crippen LogP contribution in [-0.4, -0.2) is 29.1 Å². The number of hydrogen-bond acceptors (Lipinski definition) is 6. The molecule has 0 fully saturated rings. The zero-order valence-corrected chi connectivity index (χ0v) is 15.7. The van der Waals surface area contributed by atoms with Crippen LogP contribution in [0.4, 0.5) is 17.2 Å². The Balaban J connectivity index is 1.45. The Morgan fingerprint density at radius 2 is 1.71 bits per heavy atom. The first-order valence-corrected chi connectivity index (χ1v) is 8.96. The van der Waals surface area contributed by atoms with Gasteiger partial charge in [0.1, 0.15) is 24.7 Å². The van der Waals surface area contributed by atoms with Crippen LogP contribution in [0.1, 0.15) is 21.6 Å². The Kier molecular flexibility index (Phi) is 4.80. The number of nitrogens with one attached hydrogen (secondary N) is 2. The standard InChI is InChI=1S/C21H20N4O3/c1-13-4-3-5-14(2)20(13)25-19-12-22-16(11-23-19)21(26)24-15-6-7-17-18(10-15)28-9-8-27-17/h3-7,10-12H,8-9H2,1-2H3,(H,23,25)(H,24,26). The van der Waals surface area contributed by atoms with Crippen LogP contribution in [0.5, 0.6) is 11.5 Å². The molecule has 0 saturated heterocycles. The molecule has 0 spiro atoms. The maximum Gasteiger partial charge on any atom is 0.275 e. The molecule has 1 aromatic heterocycles. The van der Waals surface area contributed by atoms with E-state index < -0.39 is 0 Å². The Morgan fingerprint density at radius 1 is 0.964 bits per heavy atom. The highest BCUT2D eigenvalue weighted by Crippen LogP contribution is 2.32. The van der Waals surface area contributed by atoms with Crippen molar-refractivity contribution < 1.29 is 14.3 Å². The van der Waals surface area contributed by atoms with Crippen molar-refractivity contribution in [1.29, 1.82) is 0 Å². The first-order valence-electron chi connectivity index (χ1n) is 8.96. The number of benzene rings is 2. The lowest BCUT2D eigenvalue weighted by Crippen LogP contribution is -2.17. The number of nitrogens with zero attached hydrogens (tertiary/aromatic N) is 2.